The number of aryl methyl sites for hydroxylation is 1. The zero-order valence-electron chi connectivity index (χ0n) is 10.7. The van der Waals surface area contributed by atoms with Crippen LogP contribution in [0.15, 0.2) is 11.6 Å². The molecular formula is C12H16N4OS. The highest BCUT2D eigenvalue weighted by atomic mass is 32.1. The molecule has 2 N–H and O–H groups in total. The summed E-state index contributed by atoms with van der Waals surface area (Å²) in [5.41, 5.74) is 9.91. The van der Waals surface area contributed by atoms with Crippen molar-refractivity contribution < 1.29 is 4.74 Å². The van der Waals surface area contributed by atoms with Crippen LogP contribution < -0.4 is 10.5 Å². The minimum Gasteiger partial charge on any atom is -0.496 e. The maximum absolute atomic E-state index is 6.09. The van der Waals surface area contributed by atoms with Crippen LogP contribution in [0.25, 0.3) is 0 Å². The number of aromatic nitrogens is 3. The van der Waals surface area contributed by atoms with Crippen LogP contribution in [0.1, 0.15) is 28.6 Å². The molecule has 0 aliphatic carbocycles. The van der Waals surface area contributed by atoms with Gasteiger partial charge in [0.05, 0.1) is 18.8 Å². The van der Waals surface area contributed by atoms with E-state index in [4.69, 9.17) is 10.5 Å². The lowest BCUT2D eigenvalue weighted by atomic mass is 10.0. The number of nitrogens with two attached hydrogens (primary N) is 1. The van der Waals surface area contributed by atoms with Gasteiger partial charge in [0.15, 0.2) is 0 Å². The summed E-state index contributed by atoms with van der Waals surface area (Å²) in [5.74, 6) is 0.878. The molecule has 2 rings (SSSR count). The van der Waals surface area contributed by atoms with Crippen LogP contribution in [0.2, 0.25) is 0 Å². The van der Waals surface area contributed by atoms with Gasteiger partial charge in [-0.1, -0.05) is 4.49 Å². The van der Waals surface area contributed by atoms with Crippen molar-refractivity contribution in [1.82, 2.24) is 14.6 Å². The first-order valence-electron chi connectivity index (χ1n) is 5.65. The molecule has 2 heterocycles. The van der Waals surface area contributed by atoms with Crippen molar-refractivity contribution >= 4 is 11.5 Å². The van der Waals surface area contributed by atoms with Crippen molar-refractivity contribution in [3.8, 4) is 5.75 Å². The molecular weight excluding hydrogens is 248 g/mol. The van der Waals surface area contributed by atoms with E-state index in [1.54, 1.807) is 7.11 Å². The van der Waals surface area contributed by atoms with Gasteiger partial charge in [0.25, 0.3) is 0 Å². The fourth-order valence-electron chi connectivity index (χ4n) is 1.92. The molecule has 18 heavy (non-hydrogen) atoms. The summed E-state index contributed by atoms with van der Waals surface area (Å²) in [6, 6.07) is -0.178. The van der Waals surface area contributed by atoms with Crippen molar-refractivity contribution in [3.05, 3.63) is 34.1 Å². The summed E-state index contributed by atoms with van der Waals surface area (Å²) in [5, 5.41) is 5.85. The van der Waals surface area contributed by atoms with E-state index in [9.17, 15) is 0 Å². The Bertz CT molecular complexity index is 527. The van der Waals surface area contributed by atoms with E-state index in [2.05, 4.69) is 14.6 Å². The standard InChI is InChI=1S/C12H16N4OS/c1-7-5-14-10(8(2)12(7)17-3)4-9(13)11-6-18-16-15-11/h5-6,9H,4,13H2,1-3H3. The molecule has 0 saturated heterocycles. The van der Waals surface area contributed by atoms with Crippen LogP contribution in [0.3, 0.4) is 0 Å². The smallest absolute Gasteiger partial charge is 0.128 e. The molecule has 0 spiro atoms. The summed E-state index contributed by atoms with van der Waals surface area (Å²) in [6.45, 7) is 3.98. The average Bonchev–Trinajstić information content (AvgIpc) is 2.87. The summed E-state index contributed by atoms with van der Waals surface area (Å²) in [4.78, 5) is 4.43. The molecule has 0 fully saturated rings. The van der Waals surface area contributed by atoms with Gasteiger partial charge in [0.1, 0.15) is 5.75 Å². The van der Waals surface area contributed by atoms with E-state index < -0.39 is 0 Å². The lowest BCUT2D eigenvalue weighted by molar-refractivity contribution is 0.406. The molecule has 2 aromatic rings. The van der Waals surface area contributed by atoms with Crippen LogP contribution in [0, 0.1) is 13.8 Å². The lowest BCUT2D eigenvalue weighted by Gasteiger charge is -2.14. The van der Waals surface area contributed by atoms with Gasteiger partial charge >= 0.3 is 0 Å². The molecule has 0 aliphatic rings. The molecule has 0 aromatic carbocycles. The molecule has 96 valence electrons. The quantitative estimate of drug-likeness (QED) is 0.911. The van der Waals surface area contributed by atoms with Gasteiger partial charge in [-0.05, 0) is 25.4 Å². The minimum atomic E-state index is -0.178. The first-order valence-corrected chi connectivity index (χ1v) is 6.48. The summed E-state index contributed by atoms with van der Waals surface area (Å²) >= 11 is 1.31. The first kappa shape index (κ1) is 12.9. The fraction of sp³-hybridized carbons (Fsp3) is 0.417. The summed E-state index contributed by atoms with van der Waals surface area (Å²) < 4.78 is 9.20. The van der Waals surface area contributed by atoms with Gasteiger partial charge in [0.2, 0.25) is 0 Å². The zero-order valence-corrected chi connectivity index (χ0v) is 11.5. The van der Waals surface area contributed by atoms with Crippen molar-refractivity contribution in [2.75, 3.05) is 7.11 Å². The second-order valence-electron chi connectivity index (χ2n) is 4.19. The number of hydrogen-bond acceptors (Lipinski definition) is 6. The predicted molar refractivity (Wildman–Crippen MR) is 70.8 cm³/mol. The van der Waals surface area contributed by atoms with Crippen LogP contribution in [0.5, 0.6) is 5.75 Å². The molecule has 0 bridgehead atoms. The highest BCUT2D eigenvalue weighted by Crippen LogP contribution is 2.26. The summed E-state index contributed by atoms with van der Waals surface area (Å²) in [7, 11) is 1.67. The SMILES string of the molecule is COc1c(C)cnc(CC(N)c2csnn2)c1C. The van der Waals surface area contributed by atoms with Crippen LogP contribution >= 0.6 is 11.5 Å². The number of nitrogens with zero attached hydrogens (tertiary/aromatic N) is 3. The molecule has 2 aromatic heterocycles. The van der Waals surface area contributed by atoms with Crippen molar-refractivity contribution in [1.29, 1.82) is 0 Å². The second kappa shape index (κ2) is 5.41. The molecule has 0 aliphatic heterocycles. The van der Waals surface area contributed by atoms with Crippen LogP contribution in [-0.4, -0.2) is 21.7 Å². The summed E-state index contributed by atoms with van der Waals surface area (Å²) in [6.07, 6.45) is 2.45. The number of rotatable bonds is 4. The van der Waals surface area contributed by atoms with E-state index in [-0.39, 0.29) is 6.04 Å². The number of pyridine rings is 1. The van der Waals surface area contributed by atoms with Gasteiger partial charge in [-0.3, -0.25) is 4.98 Å². The fourth-order valence-corrected chi connectivity index (χ4v) is 2.44. The monoisotopic (exact) mass is 264 g/mol. The van der Waals surface area contributed by atoms with Gasteiger partial charge in [-0.25, -0.2) is 0 Å². The largest absolute Gasteiger partial charge is 0.496 e. The third kappa shape index (κ3) is 2.49. The highest BCUT2D eigenvalue weighted by molar-refractivity contribution is 7.03. The lowest BCUT2D eigenvalue weighted by Crippen LogP contribution is -2.15. The van der Waals surface area contributed by atoms with Gasteiger partial charge in [-0.15, -0.1) is 5.10 Å². The molecule has 1 atom stereocenters. The number of methoxy groups -OCH3 is 1. The molecule has 0 saturated carbocycles. The molecule has 0 amide bonds. The maximum Gasteiger partial charge on any atom is 0.128 e. The average molecular weight is 264 g/mol. The Morgan fingerprint density at radius 3 is 2.83 bits per heavy atom. The van der Waals surface area contributed by atoms with E-state index in [1.165, 1.54) is 11.5 Å². The topological polar surface area (TPSA) is 73.9 Å². The third-order valence-electron chi connectivity index (χ3n) is 2.92. The predicted octanol–water partition coefficient (Wildman–Crippen LogP) is 1.80. The highest BCUT2D eigenvalue weighted by Gasteiger charge is 2.15. The minimum absolute atomic E-state index is 0.178. The second-order valence-corrected chi connectivity index (χ2v) is 4.80. The Morgan fingerprint density at radius 2 is 2.22 bits per heavy atom. The molecule has 6 heteroatoms. The number of ether oxygens (including phenoxy) is 1. The van der Waals surface area contributed by atoms with Crippen LogP contribution in [-0.2, 0) is 6.42 Å². The van der Waals surface area contributed by atoms with Gasteiger partial charge in [-0.2, -0.15) is 0 Å². The zero-order chi connectivity index (χ0) is 13.1. The van der Waals surface area contributed by atoms with Gasteiger partial charge in [0, 0.05) is 34.8 Å². The van der Waals surface area contributed by atoms with E-state index in [0.717, 1.165) is 28.3 Å². The van der Waals surface area contributed by atoms with Crippen molar-refractivity contribution in [3.63, 3.8) is 0 Å². The molecule has 1 unspecified atom stereocenters. The Balaban J connectivity index is 2.24. The normalized spacial score (nSPS) is 12.4. The van der Waals surface area contributed by atoms with Crippen molar-refractivity contribution in [2.45, 2.75) is 26.3 Å². The van der Waals surface area contributed by atoms with E-state index in [1.807, 2.05) is 25.4 Å². The molecule has 5 nitrogen and oxygen atoms in total. The first-order chi connectivity index (χ1) is 8.63. The Kier molecular flexibility index (Phi) is 3.88. The third-order valence-corrected chi connectivity index (χ3v) is 3.44. The molecule has 0 radical (unpaired) electrons. The Morgan fingerprint density at radius 1 is 1.44 bits per heavy atom. The van der Waals surface area contributed by atoms with Crippen molar-refractivity contribution in [2.24, 2.45) is 5.73 Å². The van der Waals surface area contributed by atoms with E-state index in [0.29, 0.717) is 6.42 Å². The Labute approximate surface area is 110 Å². The number of hydrogen-bond donors (Lipinski definition) is 1. The Hall–Kier alpha value is -1.53. The van der Waals surface area contributed by atoms with E-state index >= 15 is 0 Å². The van der Waals surface area contributed by atoms with Gasteiger partial charge < -0.3 is 10.5 Å². The maximum atomic E-state index is 6.09. The van der Waals surface area contributed by atoms with Crippen LogP contribution in [0.4, 0.5) is 0 Å².